The Bertz CT molecular complexity index is 1620. The summed E-state index contributed by atoms with van der Waals surface area (Å²) in [7, 11) is 0. The Hall–Kier alpha value is -4.44. The van der Waals surface area contributed by atoms with Crippen LogP contribution in [-0.4, -0.2) is 38.2 Å². The third kappa shape index (κ3) is 4.64. The third-order valence-corrected chi connectivity index (χ3v) is 7.01. The van der Waals surface area contributed by atoms with E-state index >= 15 is 0 Å². The number of carbonyl (C=O) groups excluding carboxylic acids is 3. The van der Waals surface area contributed by atoms with Crippen LogP contribution in [0, 0.1) is 0 Å². The van der Waals surface area contributed by atoms with Crippen LogP contribution in [-0.2, 0) is 22.4 Å². The second-order valence-electron chi connectivity index (χ2n) is 9.44. The van der Waals surface area contributed by atoms with Crippen molar-refractivity contribution in [2.24, 2.45) is 0 Å². The molecule has 0 bridgehead atoms. The lowest BCUT2D eigenvalue weighted by Gasteiger charge is -2.29. The average Bonchev–Trinajstić information content (AvgIpc) is 3.48. The summed E-state index contributed by atoms with van der Waals surface area (Å²) >= 11 is 0. The summed E-state index contributed by atoms with van der Waals surface area (Å²) in [5, 5.41) is 2.24. The van der Waals surface area contributed by atoms with E-state index in [-0.39, 0.29) is 59.1 Å². The SMILES string of the molecule is Cl.O=C1CCC(N2Cc3cc(-c4nc(-c5ccccc5)c(-c5ccccc5)n4C(F)(F)F)ccc3C2=O)C(=O)N1. The molecule has 1 saturated heterocycles. The molecule has 40 heavy (non-hydrogen) atoms. The van der Waals surface area contributed by atoms with Crippen molar-refractivity contribution in [2.75, 3.05) is 0 Å². The lowest BCUT2D eigenvalue weighted by molar-refractivity contribution is -0.201. The topological polar surface area (TPSA) is 84.3 Å². The van der Waals surface area contributed by atoms with Crippen molar-refractivity contribution in [3.63, 3.8) is 0 Å². The summed E-state index contributed by atoms with van der Waals surface area (Å²) in [6.07, 6.45) is -4.50. The Kier molecular flexibility index (Phi) is 6.97. The molecule has 6 rings (SSSR count). The predicted octanol–water partition coefficient (Wildman–Crippen LogP) is 5.54. The van der Waals surface area contributed by atoms with Gasteiger partial charge in [0.05, 0.1) is 11.4 Å². The molecule has 4 aromatic rings. The van der Waals surface area contributed by atoms with Crippen LogP contribution in [0.15, 0.2) is 78.9 Å². The van der Waals surface area contributed by atoms with E-state index in [9.17, 15) is 27.6 Å². The number of nitrogens with zero attached hydrogens (tertiary/aromatic N) is 3. The van der Waals surface area contributed by atoms with E-state index in [1.807, 2.05) is 0 Å². The first kappa shape index (κ1) is 27.1. The minimum atomic E-state index is -4.80. The van der Waals surface area contributed by atoms with Crippen LogP contribution in [0.1, 0.15) is 28.8 Å². The van der Waals surface area contributed by atoms with Crippen LogP contribution in [0.4, 0.5) is 13.2 Å². The van der Waals surface area contributed by atoms with Gasteiger partial charge in [0.15, 0.2) is 0 Å². The molecule has 3 aromatic carbocycles. The molecule has 2 aliphatic heterocycles. The molecule has 0 saturated carbocycles. The number of aromatic nitrogens is 2. The molecule has 1 atom stereocenters. The lowest BCUT2D eigenvalue weighted by Crippen LogP contribution is -2.52. The van der Waals surface area contributed by atoms with Crippen LogP contribution in [0.3, 0.4) is 0 Å². The van der Waals surface area contributed by atoms with Gasteiger partial charge in [-0.1, -0.05) is 66.7 Å². The van der Waals surface area contributed by atoms with Crippen molar-refractivity contribution in [3.8, 4) is 33.9 Å². The van der Waals surface area contributed by atoms with Crippen LogP contribution in [0.5, 0.6) is 0 Å². The number of hydrogen-bond acceptors (Lipinski definition) is 4. The molecule has 1 fully saturated rings. The minimum Gasteiger partial charge on any atom is -0.322 e. The number of rotatable bonds is 4. The minimum absolute atomic E-state index is 0. The van der Waals surface area contributed by atoms with Crippen molar-refractivity contribution in [1.29, 1.82) is 0 Å². The monoisotopic (exact) mass is 566 g/mol. The van der Waals surface area contributed by atoms with E-state index in [0.717, 1.165) is 0 Å². The summed E-state index contributed by atoms with van der Waals surface area (Å²) in [4.78, 5) is 42.9. The van der Waals surface area contributed by atoms with Crippen molar-refractivity contribution >= 4 is 30.1 Å². The van der Waals surface area contributed by atoms with Gasteiger partial charge < -0.3 is 4.90 Å². The molecule has 0 spiro atoms. The zero-order valence-corrected chi connectivity index (χ0v) is 21.6. The summed E-state index contributed by atoms with van der Waals surface area (Å²) < 4.78 is 44.4. The first-order chi connectivity index (χ1) is 18.7. The van der Waals surface area contributed by atoms with Crippen LogP contribution in [0.25, 0.3) is 33.9 Å². The van der Waals surface area contributed by atoms with E-state index in [0.29, 0.717) is 22.3 Å². The van der Waals surface area contributed by atoms with Crippen molar-refractivity contribution in [2.45, 2.75) is 31.7 Å². The average molecular weight is 567 g/mol. The van der Waals surface area contributed by atoms with Crippen LogP contribution in [0.2, 0.25) is 0 Å². The Labute approximate surface area is 233 Å². The maximum Gasteiger partial charge on any atom is 0.490 e. The Morgan fingerprint density at radius 2 is 1.50 bits per heavy atom. The number of halogens is 4. The van der Waals surface area contributed by atoms with E-state index in [4.69, 9.17) is 0 Å². The number of carbonyl (C=O) groups is 3. The molecule has 2 aliphatic rings. The number of benzene rings is 3. The highest BCUT2D eigenvalue weighted by molar-refractivity contribution is 6.05. The standard InChI is InChI=1S/C29H21F3N4O3.ClH/c30-29(31,32)36-25(18-9-5-2-6-10-18)24(17-7-3-1-4-8-17)34-26(36)19-11-12-21-20(15-19)16-35(28(21)39)22-13-14-23(37)33-27(22)38;/h1-12,15,22H,13-14,16H2,(H,33,37,38);1H. The lowest BCUT2D eigenvalue weighted by atomic mass is 10.0. The van der Waals surface area contributed by atoms with Gasteiger partial charge in [-0.25, -0.2) is 9.55 Å². The molecule has 0 radical (unpaired) electrons. The second kappa shape index (κ2) is 10.3. The molecule has 1 unspecified atom stereocenters. The van der Waals surface area contributed by atoms with Gasteiger partial charge in [-0.05, 0) is 24.1 Å². The van der Waals surface area contributed by atoms with Gasteiger partial charge in [-0.3, -0.25) is 19.7 Å². The number of amides is 3. The van der Waals surface area contributed by atoms with Crippen molar-refractivity contribution in [3.05, 3.63) is 90.0 Å². The van der Waals surface area contributed by atoms with Gasteiger partial charge in [-0.15, -0.1) is 25.6 Å². The third-order valence-electron chi connectivity index (χ3n) is 7.01. The van der Waals surface area contributed by atoms with Gasteiger partial charge in [0, 0.05) is 35.2 Å². The number of nitrogens with one attached hydrogen (secondary N) is 1. The normalized spacial score (nSPS) is 16.9. The zero-order chi connectivity index (χ0) is 27.3. The first-order valence-corrected chi connectivity index (χ1v) is 12.3. The number of imidazole rings is 1. The molecule has 11 heteroatoms. The molecule has 1 aromatic heterocycles. The van der Waals surface area contributed by atoms with Crippen molar-refractivity contribution in [1.82, 2.24) is 19.8 Å². The number of fused-ring (bicyclic) bond motifs is 1. The van der Waals surface area contributed by atoms with Gasteiger partial charge in [-0.2, -0.15) is 0 Å². The fraction of sp³-hybridized carbons (Fsp3) is 0.172. The molecular formula is C29H22ClF3N4O3. The quantitative estimate of drug-likeness (QED) is 0.329. The van der Waals surface area contributed by atoms with Gasteiger partial charge in [0.1, 0.15) is 11.9 Å². The molecule has 204 valence electrons. The molecule has 7 nitrogen and oxygen atoms in total. The number of imide groups is 1. The summed E-state index contributed by atoms with van der Waals surface area (Å²) in [6, 6.07) is 20.6. The van der Waals surface area contributed by atoms with E-state index in [1.165, 1.54) is 23.1 Å². The summed E-state index contributed by atoms with van der Waals surface area (Å²) in [5.74, 6) is -1.67. The molecule has 3 heterocycles. The second-order valence-corrected chi connectivity index (χ2v) is 9.44. The Balaban J connectivity index is 0.00000323. The van der Waals surface area contributed by atoms with Gasteiger partial charge in [0.2, 0.25) is 11.8 Å². The molecule has 1 N–H and O–H groups in total. The largest absolute Gasteiger partial charge is 0.490 e. The predicted molar refractivity (Wildman–Crippen MR) is 143 cm³/mol. The molecule has 3 amide bonds. The molecule has 0 aliphatic carbocycles. The first-order valence-electron chi connectivity index (χ1n) is 12.3. The van der Waals surface area contributed by atoms with Crippen LogP contribution >= 0.6 is 12.4 Å². The maximum absolute atomic E-state index is 14.7. The van der Waals surface area contributed by atoms with E-state index in [2.05, 4.69) is 10.3 Å². The highest BCUT2D eigenvalue weighted by Gasteiger charge is 2.41. The number of hydrogen-bond donors (Lipinski definition) is 1. The number of piperidine rings is 1. The highest BCUT2D eigenvalue weighted by Crippen LogP contribution is 2.42. The van der Waals surface area contributed by atoms with E-state index < -0.39 is 30.1 Å². The van der Waals surface area contributed by atoms with Gasteiger partial charge >= 0.3 is 6.30 Å². The maximum atomic E-state index is 14.7. The van der Waals surface area contributed by atoms with Crippen molar-refractivity contribution < 1.29 is 27.6 Å². The van der Waals surface area contributed by atoms with E-state index in [1.54, 1.807) is 60.7 Å². The fourth-order valence-electron chi connectivity index (χ4n) is 5.23. The Morgan fingerprint density at radius 1 is 0.850 bits per heavy atom. The fourth-order valence-corrected chi connectivity index (χ4v) is 5.23. The van der Waals surface area contributed by atoms with Gasteiger partial charge in [0.25, 0.3) is 5.91 Å². The summed E-state index contributed by atoms with van der Waals surface area (Å²) in [5.41, 5.74) is 1.95. The Morgan fingerprint density at radius 3 is 2.12 bits per heavy atom. The zero-order valence-electron chi connectivity index (χ0n) is 20.8. The van der Waals surface area contributed by atoms with Crippen LogP contribution < -0.4 is 5.32 Å². The number of alkyl halides is 3. The molecular weight excluding hydrogens is 545 g/mol. The smallest absolute Gasteiger partial charge is 0.322 e. The highest BCUT2D eigenvalue weighted by atomic mass is 35.5. The summed E-state index contributed by atoms with van der Waals surface area (Å²) in [6.45, 7) is 0.0398.